The van der Waals surface area contributed by atoms with Crippen molar-refractivity contribution in [2.45, 2.75) is 27.7 Å². The van der Waals surface area contributed by atoms with Crippen LogP contribution in [0, 0.1) is 37.8 Å². The minimum Gasteiger partial charge on any atom is -0.398 e. The van der Waals surface area contributed by atoms with E-state index in [1.165, 1.54) is 0 Å². The molecule has 20 heavy (non-hydrogen) atoms. The van der Waals surface area contributed by atoms with Crippen molar-refractivity contribution < 1.29 is 4.92 Å². The normalized spacial score (nSPS) is 10.6. The second-order valence-electron chi connectivity index (χ2n) is 5.13. The molecular formula is C16H18N2O2. The predicted octanol–water partition coefficient (Wildman–Crippen LogP) is 4.08. The topological polar surface area (TPSA) is 69.2 Å². The van der Waals surface area contributed by atoms with E-state index in [9.17, 15) is 10.1 Å². The number of nitro groups is 1. The standard InChI is InChI=1S/C16H18N2O2/c1-9-5-7-13(11(3)15(9)17)14-8-6-10(2)16(12(14)4)18(19)20/h5-8H,17H2,1-4H3. The molecule has 0 radical (unpaired) electrons. The summed E-state index contributed by atoms with van der Waals surface area (Å²) in [5.74, 6) is 0. The van der Waals surface area contributed by atoms with E-state index in [0.717, 1.165) is 27.9 Å². The van der Waals surface area contributed by atoms with E-state index in [1.807, 2.05) is 32.0 Å². The Bertz CT molecular complexity index is 706. The summed E-state index contributed by atoms with van der Waals surface area (Å²) in [6.45, 7) is 7.45. The maximum Gasteiger partial charge on any atom is 0.275 e. The fraction of sp³-hybridized carbons (Fsp3) is 0.250. The smallest absolute Gasteiger partial charge is 0.275 e. The first-order chi connectivity index (χ1) is 9.34. The molecule has 0 unspecified atom stereocenters. The van der Waals surface area contributed by atoms with E-state index in [-0.39, 0.29) is 10.6 Å². The van der Waals surface area contributed by atoms with Gasteiger partial charge < -0.3 is 5.73 Å². The first-order valence-electron chi connectivity index (χ1n) is 6.45. The van der Waals surface area contributed by atoms with Crippen molar-refractivity contribution >= 4 is 11.4 Å². The van der Waals surface area contributed by atoms with Gasteiger partial charge in [0.25, 0.3) is 5.69 Å². The van der Waals surface area contributed by atoms with E-state index >= 15 is 0 Å². The molecular weight excluding hydrogens is 252 g/mol. The van der Waals surface area contributed by atoms with Crippen molar-refractivity contribution in [2.24, 2.45) is 0 Å². The van der Waals surface area contributed by atoms with Gasteiger partial charge in [0.2, 0.25) is 0 Å². The Balaban J connectivity index is 2.75. The van der Waals surface area contributed by atoms with E-state index < -0.39 is 0 Å². The largest absolute Gasteiger partial charge is 0.398 e. The summed E-state index contributed by atoms with van der Waals surface area (Å²) >= 11 is 0. The van der Waals surface area contributed by atoms with Crippen LogP contribution in [0.15, 0.2) is 24.3 Å². The molecule has 0 saturated heterocycles. The molecule has 2 rings (SSSR count). The third-order valence-corrected chi connectivity index (χ3v) is 3.84. The second kappa shape index (κ2) is 4.96. The van der Waals surface area contributed by atoms with Gasteiger partial charge in [-0.05, 0) is 49.9 Å². The van der Waals surface area contributed by atoms with Crippen molar-refractivity contribution in [3.8, 4) is 11.1 Å². The van der Waals surface area contributed by atoms with Crippen molar-refractivity contribution in [1.82, 2.24) is 0 Å². The predicted molar refractivity (Wildman–Crippen MR) is 81.9 cm³/mol. The van der Waals surface area contributed by atoms with Gasteiger partial charge in [0.15, 0.2) is 0 Å². The lowest BCUT2D eigenvalue weighted by Crippen LogP contribution is -2.00. The molecule has 0 aliphatic rings. The Morgan fingerprint density at radius 2 is 1.40 bits per heavy atom. The monoisotopic (exact) mass is 270 g/mol. The highest BCUT2D eigenvalue weighted by molar-refractivity contribution is 5.79. The van der Waals surface area contributed by atoms with Crippen LogP contribution < -0.4 is 5.73 Å². The fourth-order valence-electron chi connectivity index (χ4n) is 2.56. The number of nitro benzene ring substituents is 1. The number of nitrogens with two attached hydrogens (primary N) is 1. The molecule has 4 nitrogen and oxygen atoms in total. The van der Waals surface area contributed by atoms with Crippen LogP contribution in [0.5, 0.6) is 0 Å². The molecule has 104 valence electrons. The molecule has 2 aromatic carbocycles. The van der Waals surface area contributed by atoms with E-state index in [4.69, 9.17) is 5.73 Å². The van der Waals surface area contributed by atoms with Crippen LogP contribution in [0.4, 0.5) is 11.4 Å². The van der Waals surface area contributed by atoms with Crippen LogP contribution in [0.3, 0.4) is 0 Å². The molecule has 0 saturated carbocycles. The zero-order valence-electron chi connectivity index (χ0n) is 12.2. The van der Waals surface area contributed by atoms with Crippen LogP contribution in [-0.4, -0.2) is 4.92 Å². The first-order valence-corrected chi connectivity index (χ1v) is 6.45. The quantitative estimate of drug-likeness (QED) is 0.508. The SMILES string of the molecule is Cc1ccc(-c2ccc(C)c([N+](=O)[O-])c2C)c(C)c1N. The Labute approximate surface area is 118 Å². The van der Waals surface area contributed by atoms with Gasteiger partial charge in [-0.15, -0.1) is 0 Å². The molecule has 0 bridgehead atoms. The van der Waals surface area contributed by atoms with Crippen molar-refractivity contribution in [3.63, 3.8) is 0 Å². The molecule has 2 N–H and O–H groups in total. The zero-order chi connectivity index (χ0) is 15.0. The van der Waals surface area contributed by atoms with Gasteiger partial charge >= 0.3 is 0 Å². The molecule has 0 fully saturated rings. The Morgan fingerprint density at radius 3 is 1.95 bits per heavy atom. The number of hydrogen-bond donors (Lipinski definition) is 1. The third-order valence-electron chi connectivity index (χ3n) is 3.84. The average Bonchev–Trinajstić information content (AvgIpc) is 2.37. The minimum absolute atomic E-state index is 0.182. The van der Waals surface area contributed by atoms with E-state index in [1.54, 1.807) is 19.9 Å². The molecule has 0 heterocycles. The second-order valence-corrected chi connectivity index (χ2v) is 5.13. The van der Waals surface area contributed by atoms with Gasteiger partial charge in [-0.1, -0.05) is 24.3 Å². The number of nitrogens with zero attached hydrogens (tertiary/aromatic N) is 1. The Hall–Kier alpha value is -2.36. The maximum atomic E-state index is 11.2. The van der Waals surface area contributed by atoms with E-state index in [0.29, 0.717) is 11.1 Å². The van der Waals surface area contributed by atoms with Crippen LogP contribution in [-0.2, 0) is 0 Å². The fourth-order valence-corrected chi connectivity index (χ4v) is 2.56. The van der Waals surface area contributed by atoms with Crippen LogP contribution in [0.25, 0.3) is 11.1 Å². The van der Waals surface area contributed by atoms with Crippen LogP contribution >= 0.6 is 0 Å². The van der Waals surface area contributed by atoms with Gasteiger partial charge in [-0.2, -0.15) is 0 Å². The number of benzene rings is 2. The highest BCUT2D eigenvalue weighted by Gasteiger charge is 2.19. The van der Waals surface area contributed by atoms with Gasteiger partial charge in [-0.25, -0.2) is 0 Å². The highest BCUT2D eigenvalue weighted by Crippen LogP contribution is 2.36. The summed E-state index contributed by atoms with van der Waals surface area (Å²) in [5, 5.41) is 11.2. The van der Waals surface area contributed by atoms with Crippen molar-refractivity contribution in [1.29, 1.82) is 0 Å². The van der Waals surface area contributed by atoms with Gasteiger partial charge in [0, 0.05) is 16.8 Å². The summed E-state index contributed by atoms with van der Waals surface area (Å²) in [4.78, 5) is 10.9. The number of rotatable bonds is 2. The lowest BCUT2D eigenvalue weighted by Gasteiger charge is -2.14. The summed E-state index contributed by atoms with van der Waals surface area (Å²) in [6, 6.07) is 7.63. The lowest BCUT2D eigenvalue weighted by molar-refractivity contribution is -0.386. The number of hydrogen-bond acceptors (Lipinski definition) is 3. The molecule has 4 heteroatoms. The zero-order valence-corrected chi connectivity index (χ0v) is 12.2. The lowest BCUT2D eigenvalue weighted by atomic mass is 9.92. The maximum absolute atomic E-state index is 11.2. The molecule has 0 aliphatic heterocycles. The summed E-state index contributed by atoms with van der Waals surface area (Å²) in [5.41, 5.74) is 12.1. The Morgan fingerprint density at radius 1 is 0.900 bits per heavy atom. The average molecular weight is 270 g/mol. The molecule has 0 amide bonds. The third kappa shape index (κ3) is 2.13. The minimum atomic E-state index is -0.318. The molecule has 0 spiro atoms. The van der Waals surface area contributed by atoms with Crippen molar-refractivity contribution in [3.05, 3.63) is 56.6 Å². The Kier molecular flexibility index (Phi) is 3.49. The number of nitrogen functional groups attached to an aromatic ring is 1. The summed E-state index contributed by atoms with van der Waals surface area (Å²) in [7, 11) is 0. The van der Waals surface area contributed by atoms with Gasteiger partial charge in [-0.3, -0.25) is 10.1 Å². The molecule has 0 aliphatic carbocycles. The van der Waals surface area contributed by atoms with Gasteiger partial charge in [0.1, 0.15) is 0 Å². The van der Waals surface area contributed by atoms with Crippen molar-refractivity contribution in [2.75, 3.05) is 5.73 Å². The molecule has 0 aromatic heterocycles. The number of aryl methyl sites for hydroxylation is 2. The molecule has 2 aromatic rings. The first kappa shape index (κ1) is 14.1. The summed E-state index contributed by atoms with van der Waals surface area (Å²) in [6.07, 6.45) is 0. The number of anilines is 1. The van der Waals surface area contributed by atoms with Crippen LogP contribution in [0.1, 0.15) is 22.3 Å². The van der Waals surface area contributed by atoms with Crippen LogP contribution in [0.2, 0.25) is 0 Å². The summed E-state index contributed by atoms with van der Waals surface area (Å²) < 4.78 is 0. The van der Waals surface area contributed by atoms with E-state index in [2.05, 4.69) is 0 Å². The molecule has 0 atom stereocenters. The highest BCUT2D eigenvalue weighted by atomic mass is 16.6. The van der Waals surface area contributed by atoms with Gasteiger partial charge in [0.05, 0.1) is 4.92 Å².